The van der Waals surface area contributed by atoms with Crippen molar-refractivity contribution in [2.24, 2.45) is 7.05 Å². The highest BCUT2D eigenvalue weighted by Crippen LogP contribution is 2.14. The minimum atomic E-state index is -0.375. The van der Waals surface area contributed by atoms with Gasteiger partial charge in [-0.1, -0.05) is 5.21 Å². The molecule has 0 aliphatic rings. The second-order valence-electron chi connectivity index (χ2n) is 4.29. The maximum absolute atomic E-state index is 11.9. The molecule has 6 heteroatoms. The van der Waals surface area contributed by atoms with E-state index in [-0.39, 0.29) is 12.1 Å². The quantitative estimate of drug-likeness (QED) is 0.766. The van der Waals surface area contributed by atoms with Crippen LogP contribution in [-0.2, 0) is 16.5 Å². The Balaban J connectivity index is 2.08. The summed E-state index contributed by atoms with van der Waals surface area (Å²) in [6, 6.07) is 5.19. The van der Waals surface area contributed by atoms with Crippen molar-refractivity contribution in [1.29, 1.82) is 0 Å². The first-order chi connectivity index (χ1) is 9.11. The van der Waals surface area contributed by atoms with Gasteiger partial charge in [-0.05, 0) is 32.0 Å². The third-order valence-electron chi connectivity index (χ3n) is 2.71. The molecule has 0 spiro atoms. The van der Waals surface area contributed by atoms with E-state index in [1.165, 1.54) is 0 Å². The summed E-state index contributed by atoms with van der Waals surface area (Å²) in [5.41, 5.74) is 2.02. The van der Waals surface area contributed by atoms with Crippen LogP contribution in [0.2, 0.25) is 0 Å². The molecule has 1 heterocycles. The molecule has 1 unspecified atom stereocenters. The summed E-state index contributed by atoms with van der Waals surface area (Å²) < 4.78 is 12.1. The molecule has 0 radical (unpaired) electrons. The summed E-state index contributed by atoms with van der Waals surface area (Å²) in [7, 11) is 1.80. The number of carbonyl (C=O) groups is 1. The third kappa shape index (κ3) is 3.08. The Morgan fingerprint density at radius 3 is 3.00 bits per heavy atom. The summed E-state index contributed by atoms with van der Waals surface area (Å²) in [4.78, 5) is 11.9. The van der Waals surface area contributed by atoms with Gasteiger partial charge in [0.05, 0.1) is 17.7 Å². The average Bonchev–Trinajstić information content (AvgIpc) is 2.77. The van der Waals surface area contributed by atoms with Crippen LogP contribution >= 0.6 is 0 Å². The van der Waals surface area contributed by atoms with Gasteiger partial charge in [0.15, 0.2) is 0 Å². The number of esters is 1. The molecule has 0 N–H and O–H groups in total. The molecular formula is C13H17N3O3. The number of aromatic nitrogens is 3. The van der Waals surface area contributed by atoms with E-state index in [4.69, 9.17) is 9.47 Å². The Labute approximate surface area is 111 Å². The maximum atomic E-state index is 11.9. The Morgan fingerprint density at radius 2 is 2.26 bits per heavy atom. The zero-order valence-electron chi connectivity index (χ0n) is 11.3. The normalized spacial score (nSPS) is 12.6. The lowest BCUT2D eigenvalue weighted by Crippen LogP contribution is -2.20. The van der Waals surface area contributed by atoms with Crippen molar-refractivity contribution >= 4 is 17.0 Å². The van der Waals surface area contributed by atoms with Gasteiger partial charge in [0, 0.05) is 13.7 Å². The minimum absolute atomic E-state index is 0.273. The van der Waals surface area contributed by atoms with Crippen LogP contribution in [0.15, 0.2) is 18.2 Å². The summed E-state index contributed by atoms with van der Waals surface area (Å²) in [6.07, 6.45) is -0.273. The lowest BCUT2D eigenvalue weighted by Gasteiger charge is -2.12. The van der Waals surface area contributed by atoms with Crippen molar-refractivity contribution in [3.05, 3.63) is 23.8 Å². The molecule has 19 heavy (non-hydrogen) atoms. The zero-order chi connectivity index (χ0) is 13.8. The van der Waals surface area contributed by atoms with Crippen molar-refractivity contribution in [2.45, 2.75) is 20.0 Å². The van der Waals surface area contributed by atoms with Gasteiger partial charge in [-0.2, -0.15) is 0 Å². The number of ether oxygens (including phenoxy) is 2. The van der Waals surface area contributed by atoms with Gasteiger partial charge < -0.3 is 9.47 Å². The highest BCUT2D eigenvalue weighted by Gasteiger charge is 2.13. The highest BCUT2D eigenvalue weighted by molar-refractivity contribution is 5.93. The van der Waals surface area contributed by atoms with Crippen molar-refractivity contribution in [1.82, 2.24) is 15.0 Å². The van der Waals surface area contributed by atoms with Crippen LogP contribution in [0.3, 0.4) is 0 Å². The van der Waals surface area contributed by atoms with Crippen LogP contribution < -0.4 is 0 Å². The molecular weight excluding hydrogens is 246 g/mol. The molecule has 0 saturated heterocycles. The van der Waals surface area contributed by atoms with Gasteiger partial charge in [0.25, 0.3) is 0 Å². The molecule has 1 atom stereocenters. The summed E-state index contributed by atoms with van der Waals surface area (Å²) in [6.45, 7) is 4.70. The van der Waals surface area contributed by atoms with E-state index < -0.39 is 0 Å². The van der Waals surface area contributed by atoms with E-state index in [1.807, 2.05) is 6.92 Å². The summed E-state index contributed by atoms with van der Waals surface area (Å²) in [5, 5.41) is 7.86. The number of aryl methyl sites for hydroxylation is 1. The van der Waals surface area contributed by atoms with E-state index in [0.717, 1.165) is 5.52 Å². The van der Waals surface area contributed by atoms with Crippen LogP contribution in [0, 0.1) is 0 Å². The van der Waals surface area contributed by atoms with Crippen LogP contribution in [0.1, 0.15) is 24.2 Å². The largest absolute Gasteiger partial charge is 0.457 e. The van der Waals surface area contributed by atoms with E-state index in [0.29, 0.717) is 24.3 Å². The van der Waals surface area contributed by atoms with E-state index in [2.05, 4.69) is 10.3 Å². The number of carbonyl (C=O) groups excluding carboxylic acids is 1. The Kier molecular flexibility index (Phi) is 4.11. The van der Waals surface area contributed by atoms with Crippen molar-refractivity contribution in [3.63, 3.8) is 0 Å². The number of nitrogens with zero attached hydrogens (tertiary/aromatic N) is 3. The molecule has 0 saturated carbocycles. The molecule has 0 amide bonds. The molecule has 1 aromatic heterocycles. The van der Waals surface area contributed by atoms with Crippen LogP contribution in [0.25, 0.3) is 11.0 Å². The Hall–Kier alpha value is -1.95. The smallest absolute Gasteiger partial charge is 0.338 e. The number of hydrogen-bond donors (Lipinski definition) is 0. The molecule has 2 rings (SSSR count). The Bertz CT molecular complexity index is 580. The first-order valence-electron chi connectivity index (χ1n) is 6.20. The molecule has 2 aromatic rings. The van der Waals surface area contributed by atoms with E-state index >= 15 is 0 Å². The fourth-order valence-corrected chi connectivity index (χ4v) is 1.74. The number of rotatable bonds is 5. The van der Waals surface area contributed by atoms with E-state index in [1.54, 1.807) is 36.9 Å². The van der Waals surface area contributed by atoms with Gasteiger partial charge in [-0.25, -0.2) is 9.48 Å². The SMILES string of the molecule is CCOCC(C)OC(=O)c1ccc2c(c1)nnn2C. The van der Waals surface area contributed by atoms with Gasteiger partial charge in [-0.3, -0.25) is 0 Å². The summed E-state index contributed by atoms with van der Waals surface area (Å²) >= 11 is 0. The standard InChI is InChI=1S/C13H17N3O3/c1-4-18-8-9(2)19-13(17)10-5-6-12-11(7-10)14-15-16(12)3/h5-7,9H,4,8H2,1-3H3. The zero-order valence-corrected chi connectivity index (χ0v) is 11.3. The molecule has 0 fully saturated rings. The van der Waals surface area contributed by atoms with Crippen LogP contribution in [-0.4, -0.2) is 40.3 Å². The first kappa shape index (κ1) is 13.5. The maximum Gasteiger partial charge on any atom is 0.338 e. The fourth-order valence-electron chi connectivity index (χ4n) is 1.74. The van der Waals surface area contributed by atoms with Crippen LogP contribution in [0.4, 0.5) is 0 Å². The molecule has 102 valence electrons. The molecule has 0 aliphatic carbocycles. The van der Waals surface area contributed by atoms with Gasteiger partial charge in [0.2, 0.25) is 0 Å². The topological polar surface area (TPSA) is 66.2 Å². The molecule has 1 aromatic carbocycles. The van der Waals surface area contributed by atoms with Crippen molar-refractivity contribution in [3.8, 4) is 0 Å². The Morgan fingerprint density at radius 1 is 1.47 bits per heavy atom. The van der Waals surface area contributed by atoms with Gasteiger partial charge >= 0.3 is 5.97 Å². The highest BCUT2D eigenvalue weighted by atomic mass is 16.6. The molecule has 0 bridgehead atoms. The lowest BCUT2D eigenvalue weighted by atomic mass is 10.2. The van der Waals surface area contributed by atoms with Crippen molar-refractivity contribution in [2.75, 3.05) is 13.2 Å². The number of fused-ring (bicyclic) bond motifs is 1. The van der Waals surface area contributed by atoms with Gasteiger partial charge in [0.1, 0.15) is 11.6 Å². The van der Waals surface area contributed by atoms with E-state index in [9.17, 15) is 4.79 Å². The predicted octanol–water partition coefficient (Wildman–Crippen LogP) is 1.55. The first-order valence-corrected chi connectivity index (χ1v) is 6.20. The minimum Gasteiger partial charge on any atom is -0.457 e. The molecule has 6 nitrogen and oxygen atoms in total. The van der Waals surface area contributed by atoms with Gasteiger partial charge in [-0.15, -0.1) is 5.10 Å². The number of hydrogen-bond acceptors (Lipinski definition) is 5. The monoisotopic (exact) mass is 263 g/mol. The molecule has 0 aliphatic heterocycles. The van der Waals surface area contributed by atoms with Crippen molar-refractivity contribution < 1.29 is 14.3 Å². The second kappa shape index (κ2) is 5.79. The third-order valence-corrected chi connectivity index (χ3v) is 2.71. The lowest BCUT2D eigenvalue weighted by molar-refractivity contribution is 0.00441. The number of benzene rings is 1. The fraction of sp³-hybridized carbons (Fsp3) is 0.462. The summed E-state index contributed by atoms with van der Waals surface area (Å²) in [5.74, 6) is -0.375. The predicted molar refractivity (Wildman–Crippen MR) is 69.9 cm³/mol. The second-order valence-corrected chi connectivity index (χ2v) is 4.29. The average molecular weight is 263 g/mol. The van der Waals surface area contributed by atoms with Crippen LogP contribution in [0.5, 0.6) is 0 Å².